The van der Waals surface area contributed by atoms with Gasteiger partial charge in [0.05, 0.1) is 22.7 Å². The summed E-state index contributed by atoms with van der Waals surface area (Å²) in [5, 5.41) is 11.3. The zero-order valence-corrected chi connectivity index (χ0v) is 17.7. The number of nitrogens with zero attached hydrogens (tertiary/aromatic N) is 2. The highest BCUT2D eigenvalue weighted by atomic mass is 32.1. The van der Waals surface area contributed by atoms with Crippen molar-refractivity contribution in [3.8, 4) is 16.5 Å². The first-order valence-electron chi connectivity index (χ1n) is 9.08. The van der Waals surface area contributed by atoms with Crippen LogP contribution in [0.15, 0.2) is 35.7 Å². The lowest BCUT2D eigenvalue weighted by atomic mass is 10.1. The average Bonchev–Trinajstić information content (AvgIpc) is 3.35. The van der Waals surface area contributed by atoms with Crippen molar-refractivity contribution in [3.63, 3.8) is 0 Å². The first-order chi connectivity index (χ1) is 14.2. The number of H-pyrrole nitrogens is 1. The van der Waals surface area contributed by atoms with Gasteiger partial charge in [-0.3, -0.25) is 14.5 Å². The number of aromatic nitrogens is 3. The molecule has 1 amide bonds. The van der Waals surface area contributed by atoms with Crippen LogP contribution >= 0.6 is 23.6 Å². The van der Waals surface area contributed by atoms with Crippen LogP contribution in [0.2, 0.25) is 0 Å². The third-order valence-electron chi connectivity index (χ3n) is 4.24. The molecule has 2 N–H and O–H groups in total. The first-order valence-corrected chi connectivity index (χ1v) is 10.4. The quantitative estimate of drug-likeness (QED) is 0.449. The van der Waals surface area contributed by atoms with Crippen LogP contribution in [-0.2, 0) is 11.0 Å². The highest BCUT2D eigenvalue weighted by Gasteiger charge is 2.32. The SMILES string of the molecule is CCCOc1ccc(C(F)(F)F)cc1NC(=O)C(C)n1c(-c2cccs2)n[nH]c1=S. The van der Waals surface area contributed by atoms with Gasteiger partial charge < -0.3 is 10.1 Å². The van der Waals surface area contributed by atoms with E-state index in [9.17, 15) is 18.0 Å². The predicted octanol–water partition coefficient (Wildman–Crippen LogP) is 5.68. The molecule has 0 aliphatic heterocycles. The molecule has 11 heteroatoms. The maximum atomic E-state index is 13.2. The van der Waals surface area contributed by atoms with Gasteiger partial charge in [-0.05, 0) is 55.2 Å². The van der Waals surface area contributed by atoms with Gasteiger partial charge in [-0.2, -0.15) is 18.3 Å². The van der Waals surface area contributed by atoms with E-state index in [-0.39, 0.29) is 16.2 Å². The predicted molar refractivity (Wildman–Crippen MR) is 111 cm³/mol. The number of amides is 1. The number of carbonyl (C=O) groups is 1. The number of anilines is 1. The van der Waals surface area contributed by atoms with Crippen LogP contribution in [0.3, 0.4) is 0 Å². The molecule has 30 heavy (non-hydrogen) atoms. The van der Waals surface area contributed by atoms with Crippen molar-refractivity contribution in [2.24, 2.45) is 0 Å². The van der Waals surface area contributed by atoms with E-state index in [1.165, 1.54) is 22.0 Å². The number of rotatable bonds is 7. The monoisotopic (exact) mass is 456 g/mol. The number of carbonyl (C=O) groups excluding carboxylic acids is 1. The van der Waals surface area contributed by atoms with Crippen molar-refractivity contribution in [3.05, 3.63) is 46.0 Å². The van der Waals surface area contributed by atoms with Crippen LogP contribution in [0.4, 0.5) is 18.9 Å². The minimum atomic E-state index is -4.55. The zero-order valence-electron chi connectivity index (χ0n) is 16.1. The fourth-order valence-electron chi connectivity index (χ4n) is 2.74. The molecule has 1 unspecified atom stereocenters. The summed E-state index contributed by atoms with van der Waals surface area (Å²) in [4.78, 5) is 13.7. The van der Waals surface area contributed by atoms with Crippen molar-refractivity contribution in [2.75, 3.05) is 11.9 Å². The van der Waals surface area contributed by atoms with Gasteiger partial charge in [0.15, 0.2) is 10.6 Å². The average molecular weight is 457 g/mol. The number of hydrogen-bond donors (Lipinski definition) is 2. The normalized spacial score (nSPS) is 12.6. The minimum Gasteiger partial charge on any atom is -0.491 e. The smallest absolute Gasteiger partial charge is 0.416 e. The Hall–Kier alpha value is -2.66. The van der Waals surface area contributed by atoms with Crippen molar-refractivity contribution in [2.45, 2.75) is 32.5 Å². The van der Waals surface area contributed by atoms with Gasteiger partial charge in [0, 0.05) is 0 Å². The molecule has 0 radical (unpaired) electrons. The summed E-state index contributed by atoms with van der Waals surface area (Å²) in [6.07, 6.45) is -3.88. The Morgan fingerprint density at radius 2 is 2.17 bits per heavy atom. The summed E-state index contributed by atoms with van der Waals surface area (Å²) in [5.41, 5.74) is -0.934. The van der Waals surface area contributed by atoms with Gasteiger partial charge in [-0.25, -0.2) is 0 Å². The molecule has 160 valence electrons. The van der Waals surface area contributed by atoms with Gasteiger partial charge in [-0.1, -0.05) is 13.0 Å². The molecule has 0 saturated carbocycles. The van der Waals surface area contributed by atoms with Crippen molar-refractivity contribution >= 4 is 35.1 Å². The topological polar surface area (TPSA) is 71.9 Å². The number of alkyl halides is 3. The molecule has 1 aromatic carbocycles. The summed E-state index contributed by atoms with van der Waals surface area (Å²) in [7, 11) is 0. The van der Waals surface area contributed by atoms with Gasteiger partial charge in [0.1, 0.15) is 11.8 Å². The third kappa shape index (κ3) is 4.73. The summed E-state index contributed by atoms with van der Waals surface area (Å²) >= 11 is 6.68. The van der Waals surface area contributed by atoms with Crippen LogP contribution in [0.1, 0.15) is 31.9 Å². The largest absolute Gasteiger partial charge is 0.491 e. The standard InChI is InChI=1S/C19H19F3N4O2S2/c1-3-8-28-14-7-6-12(19(20,21)22)10-13(14)23-17(27)11(2)26-16(24-25-18(26)29)15-5-4-9-30-15/h4-7,9-11H,3,8H2,1-2H3,(H,23,27)(H,25,29). The number of nitrogens with one attached hydrogen (secondary N) is 2. The summed E-state index contributed by atoms with van der Waals surface area (Å²) in [5.74, 6) is 0.0924. The van der Waals surface area contributed by atoms with Crippen molar-refractivity contribution in [1.82, 2.24) is 14.8 Å². The molecule has 6 nitrogen and oxygen atoms in total. The molecule has 2 aromatic heterocycles. The second kappa shape index (κ2) is 9.00. The number of thiophene rings is 1. The first kappa shape index (κ1) is 22.0. The van der Waals surface area contributed by atoms with Gasteiger partial charge in [-0.15, -0.1) is 11.3 Å². The lowest BCUT2D eigenvalue weighted by molar-refractivity contribution is -0.137. The van der Waals surface area contributed by atoms with Crippen LogP contribution in [0.5, 0.6) is 5.75 Å². The molecular weight excluding hydrogens is 437 g/mol. The van der Waals surface area contributed by atoms with E-state index in [2.05, 4.69) is 15.5 Å². The second-order valence-electron chi connectivity index (χ2n) is 6.42. The van der Waals surface area contributed by atoms with Crippen LogP contribution in [0, 0.1) is 4.77 Å². The molecule has 1 atom stereocenters. The number of aromatic amines is 1. The molecule has 0 fully saturated rings. The second-order valence-corrected chi connectivity index (χ2v) is 7.76. The third-order valence-corrected chi connectivity index (χ3v) is 5.39. The maximum absolute atomic E-state index is 13.2. The zero-order chi connectivity index (χ0) is 21.9. The van der Waals surface area contributed by atoms with E-state index in [1.54, 1.807) is 6.92 Å². The van der Waals surface area contributed by atoms with Crippen molar-refractivity contribution in [1.29, 1.82) is 0 Å². The van der Waals surface area contributed by atoms with E-state index in [1.807, 2.05) is 24.4 Å². The lowest BCUT2D eigenvalue weighted by Gasteiger charge is -2.18. The molecule has 0 aliphatic carbocycles. The summed E-state index contributed by atoms with van der Waals surface area (Å²) in [6.45, 7) is 3.77. The van der Waals surface area contributed by atoms with Gasteiger partial charge in [0.25, 0.3) is 0 Å². The molecule has 0 bridgehead atoms. The van der Waals surface area contributed by atoms with Crippen LogP contribution in [0.25, 0.3) is 10.7 Å². The van der Waals surface area contributed by atoms with Crippen LogP contribution in [-0.4, -0.2) is 27.3 Å². The Morgan fingerprint density at radius 1 is 1.40 bits per heavy atom. The fraction of sp³-hybridized carbons (Fsp3) is 0.316. The van der Waals surface area contributed by atoms with E-state index >= 15 is 0 Å². The summed E-state index contributed by atoms with van der Waals surface area (Å²) < 4.78 is 46.7. The lowest BCUT2D eigenvalue weighted by Crippen LogP contribution is -2.25. The van der Waals surface area contributed by atoms with Gasteiger partial charge >= 0.3 is 6.18 Å². The maximum Gasteiger partial charge on any atom is 0.416 e. The minimum absolute atomic E-state index is 0.0530. The van der Waals surface area contributed by atoms with Gasteiger partial charge in [0.2, 0.25) is 5.91 Å². The number of ether oxygens (including phenoxy) is 1. The highest BCUT2D eigenvalue weighted by molar-refractivity contribution is 7.71. The number of halogens is 3. The molecule has 0 aliphatic rings. The molecule has 0 saturated heterocycles. The molecule has 3 rings (SSSR count). The Balaban J connectivity index is 1.92. The number of benzene rings is 1. The Labute approximate surface area is 179 Å². The molecular formula is C19H19F3N4O2S2. The van der Waals surface area contributed by atoms with E-state index in [4.69, 9.17) is 17.0 Å². The summed E-state index contributed by atoms with van der Waals surface area (Å²) in [6, 6.07) is 5.84. The molecule has 2 heterocycles. The highest BCUT2D eigenvalue weighted by Crippen LogP contribution is 2.35. The Morgan fingerprint density at radius 3 is 2.80 bits per heavy atom. The van der Waals surface area contributed by atoms with Crippen LogP contribution < -0.4 is 10.1 Å². The molecule has 3 aromatic rings. The van der Waals surface area contributed by atoms with Crippen molar-refractivity contribution < 1.29 is 22.7 Å². The number of hydrogen-bond acceptors (Lipinski definition) is 5. The van der Waals surface area contributed by atoms with E-state index < -0.39 is 23.7 Å². The van der Waals surface area contributed by atoms with E-state index in [0.717, 1.165) is 17.0 Å². The molecule has 0 spiro atoms. The fourth-order valence-corrected chi connectivity index (χ4v) is 3.74. The Kier molecular flexibility index (Phi) is 6.61. The van der Waals surface area contributed by atoms with E-state index in [0.29, 0.717) is 18.9 Å². The Bertz CT molecular complexity index is 1070.